The summed E-state index contributed by atoms with van der Waals surface area (Å²) >= 11 is 0. The van der Waals surface area contributed by atoms with Crippen LogP contribution in [0.15, 0.2) is 24.3 Å². The van der Waals surface area contributed by atoms with Gasteiger partial charge in [0.05, 0.1) is 19.3 Å². The minimum Gasteiger partial charge on any atom is -0.492 e. The molecule has 1 unspecified atom stereocenters. The molecule has 1 fully saturated rings. The van der Waals surface area contributed by atoms with Gasteiger partial charge in [0.25, 0.3) is 0 Å². The number of halogens is 1. The van der Waals surface area contributed by atoms with E-state index in [1.54, 1.807) is 0 Å². The van der Waals surface area contributed by atoms with Crippen molar-refractivity contribution in [2.45, 2.75) is 26.4 Å². The number of hydrogen-bond acceptors (Lipinski definition) is 4. The van der Waals surface area contributed by atoms with Gasteiger partial charge in [-0.1, -0.05) is 13.0 Å². The van der Waals surface area contributed by atoms with Gasteiger partial charge in [0, 0.05) is 25.7 Å². The van der Waals surface area contributed by atoms with Crippen LogP contribution >= 0.6 is 12.4 Å². The number of nitrogens with zero attached hydrogens (tertiary/aromatic N) is 1. The zero-order valence-electron chi connectivity index (χ0n) is 12.9. The molecule has 0 amide bonds. The lowest BCUT2D eigenvalue weighted by molar-refractivity contribution is 0.0322. The first-order valence-electron chi connectivity index (χ1n) is 7.47. The normalized spacial score (nSPS) is 16.9. The summed E-state index contributed by atoms with van der Waals surface area (Å²) in [6, 6.07) is 7.89. The second kappa shape index (κ2) is 9.87. The second-order valence-electron chi connectivity index (χ2n) is 5.11. The van der Waals surface area contributed by atoms with Crippen molar-refractivity contribution in [1.29, 1.82) is 0 Å². The Hall–Kier alpha value is -0.970. The predicted molar refractivity (Wildman–Crippen MR) is 86.8 cm³/mol. The van der Waals surface area contributed by atoms with Crippen molar-refractivity contribution in [3.8, 4) is 11.5 Å². The second-order valence-corrected chi connectivity index (χ2v) is 5.11. The maximum Gasteiger partial charge on any atom is 0.123 e. The van der Waals surface area contributed by atoms with Gasteiger partial charge in [-0.25, -0.2) is 0 Å². The van der Waals surface area contributed by atoms with Crippen LogP contribution in [-0.4, -0.2) is 50.5 Å². The van der Waals surface area contributed by atoms with Crippen LogP contribution in [0, 0.1) is 0 Å². The molecule has 1 aliphatic rings. The minimum atomic E-state index is 0. The van der Waals surface area contributed by atoms with Crippen LogP contribution in [0.1, 0.15) is 20.3 Å². The molecule has 1 atom stereocenters. The molecule has 0 saturated carbocycles. The van der Waals surface area contributed by atoms with E-state index in [0.29, 0.717) is 6.61 Å². The highest BCUT2D eigenvalue weighted by Crippen LogP contribution is 2.21. The number of ether oxygens (including phenoxy) is 3. The predicted octanol–water partition coefficient (Wildman–Crippen LogP) is 3.00. The molecule has 1 aliphatic heterocycles. The lowest BCUT2D eigenvalue weighted by Gasteiger charge is -2.26. The topological polar surface area (TPSA) is 30.9 Å². The third kappa shape index (κ3) is 6.55. The molecule has 1 saturated heterocycles. The number of rotatable bonds is 7. The van der Waals surface area contributed by atoms with E-state index in [2.05, 4.69) is 18.7 Å². The number of benzene rings is 1. The van der Waals surface area contributed by atoms with Gasteiger partial charge in [-0.05, 0) is 25.5 Å². The van der Waals surface area contributed by atoms with E-state index in [1.165, 1.54) is 0 Å². The number of morpholine rings is 1. The summed E-state index contributed by atoms with van der Waals surface area (Å²) in [5.41, 5.74) is 0. The van der Waals surface area contributed by atoms with E-state index in [4.69, 9.17) is 14.2 Å². The average Bonchev–Trinajstić information content (AvgIpc) is 2.48. The molecule has 120 valence electrons. The van der Waals surface area contributed by atoms with Gasteiger partial charge in [0.1, 0.15) is 18.1 Å². The van der Waals surface area contributed by atoms with Crippen LogP contribution in [0.2, 0.25) is 0 Å². The van der Waals surface area contributed by atoms with Crippen LogP contribution < -0.4 is 9.47 Å². The van der Waals surface area contributed by atoms with E-state index in [-0.39, 0.29) is 18.5 Å². The maximum atomic E-state index is 5.80. The molecule has 0 N–H and O–H groups in total. The Bertz CT molecular complexity index is 397. The molecule has 0 spiro atoms. The van der Waals surface area contributed by atoms with Crippen molar-refractivity contribution in [3.63, 3.8) is 0 Å². The highest BCUT2D eigenvalue weighted by Gasteiger charge is 2.10. The molecule has 1 aromatic carbocycles. The molecular weight excluding hydrogens is 290 g/mol. The molecule has 4 nitrogen and oxygen atoms in total. The van der Waals surface area contributed by atoms with Crippen molar-refractivity contribution in [2.24, 2.45) is 0 Å². The molecule has 0 bridgehead atoms. The summed E-state index contributed by atoms with van der Waals surface area (Å²) in [4.78, 5) is 2.36. The molecule has 5 heteroatoms. The molecule has 21 heavy (non-hydrogen) atoms. The fourth-order valence-electron chi connectivity index (χ4n) is 2.07. The van der Waals surface area contributed by atoms with E-state index < -0.39 is 0 Å². The van der Waals surface area contributed by atoms with E-state index in [9.17, 15) is 0 Å². The lowest BCUT2D eigenvalue weighted by Crippen LogP contribution is -2.38. The Balaban J connectivity index is 0.00000220. The van der Waals surface area contributed by atoms with Gasteiger partial charge in [-0.3, -0.25) is 4.90 Å². The van der Waals surface area contributed by atoms with Gasteiger partial charge in [-0.15, -0.1) is 12.4 Å². The van der Waals surface area contributed by atoms with Gasteiger partial charge in [0.15, 0.2) is 0 Å². The summed E-state index contributed by atoms with van der Waals surface area (Å²) in [5, 5.41) is 0. The Morgan fingerprint density at radius 3 is 2.67 bits per heavy atom. The van der Waals surface area contributed by atoms with Crippen LogP contribution in [0.25, 0.3) is 0 Å². The highest BCUT2D eigenvalue weighted by molar-refractivity contribution is 5.85. The first-order valence-corrected chi connectivity index (χ1v) is 7.47. The first-order chi connectivity index (χ1) is 9.78. The summed E-state index contributed by atoms with van der Waals surface area (Å²) in [6.07, 6.45) is 1.24. The van der Waals surface area contributed by atoms with Gasteiger partial charge >= 0.3 is 0 Å². The maximum absolute atomic E-state index is 5.80. The zero-order chi connectivity index (χ0) is 14.2. The molecule has 1 heterocycles. The molecule has 1 aromatic rings. The standard InChI is InChI=1S/C16H25NO3.ClH/c1-3-14(2)20-16-6-4-5-15(13-16)19-12-9-17-7-10-18-11-8-17;/h4-6,13-14H,3,7-12H2,1-2H3;1H. The van der Waals surface area contributed by atoms with Gasteiger partial charge in [-0.2, -0.15) is 0 Å². The molecule has 2 rings (SSSR count). The smallest absolute Gasteiger partial charge is 0.123 e. The zero-order valence-corrected chi connectivity index (χ0v) is 13.7. The Morgan fingerprint density at radius 2 is 1.95 bits per heavy atom. The minimum absolute atomic E-state index is 0. The lowest BCUT2D eigenvalue weighted by atomic mass is 10.3. The SMILES string of the molecule is CCC(C)Oc1cccc(OCCN2CCOCC2)c1.Cl. The third-order valence-electron chi connectivity index (χ3n) is 3.50. The molecule has 0 radical (unpaired) electrons. The van der Waals surface area contributed by atoms with E-state index in [0.717, 1.165) is 50.8 Å². The quantitative estimate of drug-likeness (QED) is 0.774. The first kappa shape index (κ1) is 18.1. The van der Waals surface area contributed by atoms with E-state index >= 15 is 0 Å². The van der Waals surface area contributed by atoms with Crippen LogP contribution in [0.5, 0.6) is 11.5 Å². The fraction of sp³-hybridized carbons (Fsp3) is 0.625. The molecule has 0 aromatic heterocycles. The van der Waals surface area contributed by atoms with Crippen LogP contribution in [-0.2, 0) is 4.74 Å². The van der Waals surface area contributed by atoms with E-state index in [1.807, 2.05) is 24.3 Å². The summed E-state index contributed by atoms with van der Waals surface area (Å²) in [5.74, 6) is 1.75. The van der Waals surface area contributed by atoms with Crippen molar-refractivity contribution in [1.82, 2.24) is 4.90 Å². The van der Waals surface area contributed by atoms with Crippen LogP contribution in [0.3, 0.4) is 0 Å². The Morgan fingerprint density at radius 1 is 1.24 bits per heavy atom. The molecular formula is C16H26ClNO3. The van der Waals surface area contributed by atoms with Gasteiger partial charge < -0.3 is 14.2 Å². The van der Waals surface area contributed by atoms with Crippen molar-refractivity contribution in [2.75, 3.05) is 39.5 Å². The van der Waals surface area contributed by atoms with Gasteiger partial charge in [0.2, 0.25) is 0 Å². The fourth-order valence-corrected chi connectivity index (χ4v) is 2.07. The molecule has 0 aliphatic carbocycles. The number of hydrogen-bond donors (Lipinski definition) is 0. The monoisotopic (exact) mass is 315 g/mol. The highest BCUT2D eigenvalue weighted by atomic mass is 35.5. The summed E-state index contributed by atoms with van der Waals surface area (Å²) < 4.78 is 16.9. The van der Waals surface area contributed by atoms with Crippen molar-refractivity contribution >= 4 is 12.4 Å². The average molecular weight is 316 g/mol. The summed E-state index contributed by atoms with van der Waals surface area (Å²) in [7, 11) is 0. The van der Waals surface area contributed by atoms with Crippen molar-refractivity contribution in [3.05, 3.63) is 24.3 Å². The Kier molecular flexibility index (Phi) is 8.50. The van der Waals surface area contributed by atoms with Crippen LogP contribution in [0.4, 0.5) is 0 Å². The largest absolute Gasteiger partial charge is 0.492 e. The third-order valence-corrected chi connectivity index (χ3v) is 3.50. The summed E-state index contributed by atoms with van der Waals surface area (Å²) in [6.45, 7) is 9.50. The Labute approximate surface area is 133 Å². The van der Waals surface area contributed by atoms with Crippen molar-refractivity contribution < 1.29 is 14.2 Å².